The van der Waals surface area contributed by atoms with Gasteiger partial charge in [-0.3, -0.25) is 0 Å². The summed E-state index contributed by atoms with van der Waals surface area (Å²) >= 11 is 0. The van der Waals surface area contributed by atoms with Crippen molar-refractivity contribution in [2.75, 3.05) is 18.5 Å². The van der Waals surface area contributed by atoms with Gasteiger partial charge in [0.25, 0.3) is 0 Å². The molecule has 0 amide bonds. The first-order valence-electron chi connectivity index (χ1n) is 5.73. The van der Waals surface area contributed by atoms with Crippen LogP contribution in [-0.4, -0.2) is 18.2 Å². The second kappa shape index (κ2) is 5.40. The molecule has 84 valence electrons. The summed E-state index contributed by atoms with van der Waals surface area (Å²) in [5.41, 5.74) is 1.29. The molecule has 0 aliphatic heterocycles. The van der Waals surface area contributed by atoms with Crippen molar-refractivity contribution in [3.8, 4) is 0 Å². The lowest BCUT2D eigenvalue weighted by Crippen LogP contribution is -2.19. The van der Waals surface area contributed by atoms with E-state index in [9.17, 15) is 0 Å². The van der Waals surface area contributed by atoms with E-state index >= 15 is 0 Å². The Morgan fingerprint density at radius 2 is 1.69 bits per heavy atom. The fourth-order valence-electron chi connectivity index (χ4n) is 1.82. The molecular weight excluding hydrogens is 196 g/mol. The predicted molar refractivity (Wildman–Crippen MR) is 68.8 cm³/mol. The van der Waals surface area contributed by atoms with Crippen LogP contribution >= 0.6 is 0 Å². The summed E-state index contributed by atoms with van der Waals surface area (Å²) in [4.78, 5) is 2.30. The van der Waals surface area contributed by atoms with Crippen molar-refractivity contribution in [3.63, 3.8) is 0 Å². The van der Waals surface area contributed by atoms with E-state index in [1.807, 2.05) is 0 Å². The molecule has 0 radical (unpaired) electrons. The van der Waals surface area contributed by atoms with Crippen molar-refractivity contribution in [2.24, 2.45) is 0 Å². The van der Waals surface area contributed by atoms with Gasteiger partial charge in [0.05, 0.1) is 0 Å². The van der Waals surface area contributed by atoms with E-state index in [0.717, 1.165) is 13.1 Å². The minimum Gasteiger partial charge on any atom is -0.375 e. The summed E-state index contributed by atoms with van der Waals surface area (Å²) in [5, 5.41) is 0. The van der Waals surface area contributed by atoms with E-state index in [2.05, 4.69) is 71.4 Å². The zero-order valence-electron chi connectivity index (χ0n) is 9.71. The lowest BCUT2D eigenvalue weighted by molar-refractivity contribution is 0.641. The Kier molecular flexibility index (Phi) is 3.65. The molecule has 2 aromatic rings. The summed E-state index contributed by atoms with van der Waals surface area (Å²) in [5.74, 6) is 0. The maximum atomic E-state index is 2.30. The van der Waals surface area contributed by atoms with Crippen molar-refractivity contribution >= 4 is 5.69 Å². The maximum Gasteiger partial charge on any atom is 0.0363 e. The summed E-state index contributed by atoms with van der Waals surface area (Å²) in [6, 6.07) is 14.7. The molecule has 0 aliphatic carbocycles. The minimum absolute atomic E-state index is 1.09. The quantitative estimate of drug-likeness (QED) is 0.742. The van der Waals surface area contributed by atoms with Crippen molar-refractivity contribution in [1.29, 1.82) is 0 Å². The van der Waals surface area contributed by atoms with E-state index in [1.165, 1.54) is 12.1 Å². The zero-order chi connectivity index (χ0) is 11.2. The zero-order valence-corrected chi connectivity index (χ0v) is 9.71. The van der Waals surface area contributed by atoms with E-state index < -0.39 is 0 Å². The van der Waals surface area contributed by atoms with Crippen LogP contribution in [0.25, 0.3) is 0 Å². The molecule has 0 N–H and O–H groups in total. The van der Waals surface area contributed by atoms with Crippen LogP contribution in [-0.2, 0) is 6.54 Å². The van der Waals surface area contributed by atoms with E-state index in [1.54, 1.807) is 0 Å². The van der Waals surface area contributed by atoms with Crippen molar-refractivity contribution in [3.05, 3.63) is 54.9 Å². The number of aromatic nitrogens is 1. The Morgan fingerprint density at radius 1 is 1.00 bits per heavy atom. The SMILES string of the molecule is CN(CCCn1cccc1)c1ccccc1. The Hall–Kier alpha value is -1.70. The molecular formula is C14H18N2. The Morgan fingerprint density at radius 3 is 2.38 bits per heavy atom. The number of anilines is 1. The Balaban J connectivity index is 1.78. The highest BCUT2D eigenvalue weighted by Crippen LogP contribution is 2.11. The number of aryl methyl sites for hydroxylation is 1. The molecule has 0 bridgehead atoms. The molecule has 2 heteroatoms. The van der Waals surface area contributed by atoms with Crippen LogP contribution < -0.4 is 4.90 Å². The molecule has 0 saturated carbocycles. The minimum atomic E-state index is 1.09. The third-order valence-corrected chi connectivity index (χ3v) is 2.77. The highest BCUT2D eigenvalue weighted by molar-refractivity contribution is 5.44. The van der Waals surface area contributed by atoms with Gasteiger partial charge in [-0.05, 0) is 30.7 Å². The van der Waals surface area contributed by atoms with Gasteiger partial charge in [-0.2, -0.15) is 0 Å². The van der Waals surface area contributed by atoms with Crippen LogP contribution in [0, 0.1) is 0 Å². The molecule has 2 nitrogen and oxygen atoms in total. The maximum absolute atomic E-state index is 2.30. The van der Waals surface area contributed by atoms with E-state index in [-0.39, 0.29) is 0 Å². The van der Waals surface area contributed by atoms with Crippen molar-refractivity contribution < 1.29 is 0 Å². The molecule has 0 fully saturated rings. The lowest BCUT2D eigenvalue weighted by Gasteiger charge is -2.19. The van der Waals surface area contributed by atoms with E-state index in [0.29, 0.717) is 0 Å². The number of para-hydroxylation sites is 1. The first-order valence-corrected chi connectivity index (χ1v) is 5.73. The molecule has 16 heavy (non-hydrogen) atoms. The number of nitrogens with zero attached hydrogens (tertiary/aromatic N) is 2. The summed E-state index contributed by atoms with van der Waals surface area (Å²) in [6.45, 7) is 2.17. The lowest BCUT2D eigenvalue weighted by atomic mass is 10.3. The average Bonchev–Trinajstić information content (AvgIpc) is 2.83. The van der Waals surface area contributed by atoms with Crippen LogP contribution in [0.1, 0.15) is 6.42 Å². The van der Waals surface area contributed by atoms with Gasteiger partial charge in [0.2, 0.25) is 0 Å². The van der Waals surface area contributed by atoms with Gasteiger partial charge in [-0.25, -0.2) is 0 Å². The monoisotopic (exact) mass is 214 g/mol. The fourth-order valence-corrected chi connectivity index (χ4v) is 1.82. The normalized spacial score (nSPS) is 10.3. The molecule has 1 aromatic carbocycles. The third-order valence-electron chi connectivity index (χ3n) is 2.77. The van der Waals surface area contributed by atoms with Crippen LogP contribution in [0.15, 0.2) is 54.9 Å². The third kappa shape index (κ3) is 2.89. The van der Waals surface area contributed by atoms with Crippen LogP contribution in [0.4, 0.5) is 5.69 Å². The highest BCUT2D eigenvalue weighted by Gasteiger charge is 1.98. The smallest absolute Gasteiger partial charge is 0.0363 e. The summed E-state index contributed by atoms with van der Waals surface area (Å²) in [6.07, 6.45) is 5.39. The molecule has 0 unspecified atom stereocenters. The average molecular weight is 214 g/mol. The number of hydrogen-bond acceptors (Lipinski definition) is 1. The van der Waals surface area contributed by atoms with Gasteiger partial charge in [-0.1, -0.05) is 18.2 Å². The van der Waals surface area contributed by atoms with Gasteiger partial charge >= 0.3 is 0 Å². The molecule has 1 heterocycles. The largest absolute Gasteiger partial charge is 0.375 e. The van der Waals surface area contributed by atoms with Crippen molar-refractivity contribution in [2.45, 2.75) is 13.0 Å². The van der Waals surface area contributed by atoms with Gasteiger partial charge in [0.15, 0.2) is 0 Å². The molecule has 0 atom stereocenters. The van der Waals surface area contributed by atoms with Gasteiger partial charge in [-0.15, -0.1) is 0 Å². The molecule has 0 saturated heterocycles. The van der Waals surface area contributed by atoms with Gasteiger partial charge in [0, 0.05) is 38.2 Å². The number of hydrogen-bond donors (Lipinski definition) is 0. The number of rotatable bonds is 5. The standard InChI is InChI=1S/C14H18N2/c1-15(14-8-3-2-4-9-14)10-7-13-16-11-5-6-12-16/h2-6,8-9,11-12H,7,10,13H2,1H3. The Labute approximate surface area is 97.1 Å². The molecule has 0 aliphatic rings. The summed E-state index contributed by atoms with van der Waals surface area (Å²) < 4.78 is 2.22. The molecule has 0 spiro atoms. The van der Waals surface area contributed by atoms with Gasteiger partial charge < -0.3 is 9.47 Å². The highest BCUT2D eigenvalue weighted by atomic mass is 15.1. The second-order valence-electron chi connectivity index (χ2n) is 4.03. The van der Waals surface area contributed by atoms with Crippen LogP contribution in [0.3, 0.4) is 0 Å². The van der Waals surface area contributed by atoms with Gasteiger partial charge in [0.1, 0.15) is 0 Å². The first-order chi connectivity index (χ1) is 7.86. The summed E-state index contributed by atoms with van der Waals surface area (Å²) in [7, 11) is 2.14. The Bertz CT molecular complexity index is 392. The molecule has 2 rings (SSSR count). The second-order valence-corrected chi connectivity index (χ2v) is 4.03. The molecule has 1 aromatic heterocycles. The van der Waals surface area contributed by atoms with Crippen LogP contribution in [0.2, 0.25) is 0 Å². The topological polar surface area (TPSA) is 8.17 Å². The van der Waals surface area contributed by atoms with E-state index in [4.69, 9.17) is 0 Å². The van der Waals surface area contributed by atoms with Crippen LogP contribution in [0.5, 0.6) is 0 Å². The fraction of sp³-hybridized carbons (Fsp3) is 0.286. The van der Waals surface area contributed by atoms with Crippen molar-refractivity contribution in [1.82, 2.24) is 4.57 Å². The number of benzene rings is 1. The first kappa shape index (κ1) is 10.8. The predicted octanol–water partition coefficient (Wildman–Crippen LogP) is 3.01.